The van der Waals surface area contributed by atoms with Crippen molar-refractivity contribution < 1.29 is 14.7 Å². The standard InChI is InChI=1S/C12H15NO3/c1-9-2-4-10(5-3-9)6-7-11(14)13-8-12(15)16/h2-5H,6-8H2,1H3,(H,13,14)(H,15,16). The van der Waals surface area contributed by atoms with Crippen LogP contribution in [0.5, 0.6) is 0 Å². The maximum Gasteiger partial charge on any atom is 0.322 e. The Bertz CT molecular complexity index is 370. The highest BCUT2D eigenvalue weighted by atomic mass is 16.4. The van der Waals surface area contributed by atoms with Crippen molar-refractivity contribution >= 4 is 11.9 Å². The minimum atomic E-state index is -1.02. The second kappa shape index (κ2) is 5.90. The number of carbonyl (C=O) groups is 2. The van der Waals surface area contributed by atoms with E-state index >= 15 is 0 Å². The van der Waals surface area contributed by atoms with Crippen molar-refractivity contribution in [1.82, 2.24) is 5.32 Å². The van der Waals surface area contributed by atoms with Gasteiger partial charge in [0, 0.05) is 6.42 Å². The lowest BCUT2D eigenvalue weighted by atomic mass is 10.1. The minimum Gasteiger partial charge on any atom is -0.480 e. The molecule has 16 heavy (non-hydrogen) atoms. The largest absolute Gasteiger partial charge is 0.480 e. The highest BCUT2D eigenvalue weighted by Gasteiger charge is 2.03. The van der Waals surface area contributed by atoms with E-state index in [0.29, 0.717) is 12.8 Å². The molecule has 0 heterocycles. The van der Waals surface area contributed by atoms with Crippen molar-refractivity contribution in [2.45, 2.75) is 19.8 Å². The third-order valence-electron chi connectivity index (χ3n) is 2.20. The fraction of sp³-hybridized carbons (Fsp3) is 0.333. The Morgan fingerprint density at radius 3 is 2.44 bits per heavy atom. The van der Waals surface area contributed by atoms with Crippen molar-refractivity contribution in [3.8, 4) is 0 Å². The number of carboxylic acid groups (broad SMARTS) is 1. The lowest BCUT2D eigenvalue weighted by Crippen LogP contribution is -2.29. The van der Waals surface area contributed by atoms with Crippen LogP contribution < -0.4 is 5.32 Å². The van der Waals surface area contributed by atoms with E-state index in [4.69, 9.17) is 5.11 Å². The molecule has 0 atom stereocenters. The lowest BCUT2D eigenvalue weighted by molar-refractivity contribution is -0.137. The van der Waals surface area contributed by atoms with Crippen LogP contribution >= 0.6 is 0 Å². The summed E-state index contributed by atoms with van der Waals surface area (Å²) < 4.78 is 0. The predicted molar refractivity (Wildman–Crippen MR) is 60.1 cm³/mol. The van der Waals surface area contributed by atoms with Gasteiger partial charge in [-0.1, -0.05) is 29.8 Å². The monoisotopic (exact) mass is 221 g/mol. The normalized spacial score (nSPS) is 9.81. The number of rotatable bonds is 5. The van der Waals surface area contributed by atoms with Crippen LogP contribution in [0, 0.1) is 6.92 Å². The number of nitrogens with one attached hydrogen (secondary N) is 1. The molecule has 0 aliphatic carbocycles. The Kier molecular flexibility index (Phi) is 4.51. The van der Waals surface area contributed by atoms with Crippen LogP contribution in [0.2, 0.25) is 0 Å². The van der Waals surface area contributed by atoms with Gasteiger partial charge in [0.25, 0.3) is 0 Å². The number of benzene rings is 1. The molecule has 4 nitrogen and oxygen atoms in total. The molecule has 0 fully saturated rings. The summed E-state index contributed by atoms with van der Waals surface area (Å²) in [7, 11) is 0. The zero-order chi connectivity index (χ0) is 12.0. The first-order chi connectivity index (χ1) is 7.58. The Morgan fingerprint density at radius 1 is 1.25 bits per heavy atom. The van der Waals surface area contributed by atoms with Crippen LogP contribution in [-0.4, -0.2) is 23.5 Å². The van der Waals surface area contributed by atoms with Crippen LogP contribution in [-0.2, 0) is 16.0 Å². The molecule has 86 valence electrons. The number of aryl methyl sites for hydroxylation is 2. The summed E-state index contributed by atoms with van der Waals surface area (Å²) in [6, 6.07) is 7.93. The van der Waals surface area contributed by atoms with Gasteiger partial charge in [0.2, 0.25) is 5.91 Å². The van der Waals surface area contributed by atoms with Crippen LogP contribution in [0.3, 0.4) is 0 Å². The molecule has 0 aliphatic heterocycles. The third-order valence-corrected chi connectivity index (χ3v) is 2.20. The first-order valence-corrected chi connectivity index (χ1v) is 5.12. The molecule has 0 unspecified atom stereocenters. The van der Waals surface area contributed by atoms with Crippen LogP contribution in [0.15, 0.2) is 24.3 Å². The number of aliphatic carboxylic acids is 1. The molecule has 0 spiro atoms. The second-order valence-corrected chi connectivity index (χ2v) is 3.66. The molecule has 0 saturated carbocycles. The van der Waals surface area contributed by atoms with Gasteiger partial charge in [0.15, 0.2) is 0 Å². The zero-order valence-electron chi connectivity index (χ0n) is 9.19. The number of hydrogen-bond acceptors (Lipinski definition) is 2. The minimum absolute atomic E-state index is 0.233. The molecule has 4 heteroatoms. The first kappa shape index (κ1) is 12.2. The maximum absolute atomic E-state index is 11.2. The Balaban J connectivity index is 2.31. The van der Waals surface area contributed by atoms with Gasteiger partial charge < -0.3 is 10.4 Å². The van der Waals surface area contributed by atoms with Crippen LogP contribution in [0.25, 0.3) is 0 Å². The molecule has 0 radical (unpaired) electrons. The third kappa shape index (κ3) is 4.59. The van der Waals surface area contributed by atoms with Gasteiger partial charge in [-0.05, 0) is 18.9 Å². The highest BCUT2D eigenvalue weighted by Crippen LogP contribution is 2.05. The first-order valence-electron chi connectivity index (χ1n) is 5.12. The van der Waals surface area contributed by atoms with Gasteiger partial charge >= 0.3 is 5.97 Å². The zero-order valence-corrected chi connectivity index (χ0v) is 9.19. The average molecular weight is 221 g/mol. The number of hydrogen-bond donors (Lipinski definition) is 2. The molecule has 1 rings (SSSR count). The second-order valence-electron chi connectivity index (χ2n) is 3.66. The highest BCUT2D eigenvalue weighted by molar-refractivity contribution is 5.81. The van der Waals surface area contributed by atoms with Crippen molar-refractivity contribution in [3.05, 3.63) is 35.4 Å². The van der Waals surface area contributed by atoms with Crippen molar-refractivity contribution in [1.29, 1.82) is 0 Å². The van der Waals surface area contributed by atoms with E-state index in [1.165, 1.54) is 5.56 Å². The molecule has 0 saturated heterocycles. The Labute approximate surface area is 94.3 Å². The number of carboxylic acids is 1. The molecular formula is C12H15NO3. The van der Waals surface area contributed by atoms with Gasteiger partial charge in [-0.2, -0.15) is 0 Å². The van der Waals surface area contributed by atoms with E-state index in [2.05, 4.69) is 5.32 Å². The fourth-order valence-electron chi connectivity index (χ4n) is 1.28. The van der Waals surface area contributed by atoms with Crippen LogP contribution in [0.1, 0.15) is 17.5 Å². The predicted octanol–water partition coefficient (Wildman–Crippen LogP) is 1.13. The molecule has 0 bridgehead atoms. The van der Waals surface area contributed by atoms with Gasteiger partial charge in [-0.3, -0.25) is 9.59 Å². The molecular weight excluding hydrogens is 206 g/mol. The lowest BCUT2D eigenvalue weighted by Gasteiger charge is -2.03. The molecule has 2 N–H and O–H groups in total. The van der Waals surface area contributed by atoms with E-state index in [1.54, 1.807) is 0 Å². The quantitative estimate of drug-likeness (QED) is 0.783. The van der Waals surface area contributed by atoms with Crippen molar-refractivity contribution in [2.24, 2.45) is 0 Å². The SMILES string of the molecule is Cc1ccc(CCC(=O)NCC(=O)O)cc1. The van der Waals surface area contributed by atoms with Gasteiger partial charge in [0.05, 0.1) is 0 Å². The summed E-state index contributed by atoms with van der Waals surface area (Å²) in [5, 5.41) is 10.7. The summed E-state index contributed by atoms with van der Waals surface area (Å²) >= 11 is 0. The van der Waals surface area contributed by atoms with E-state index < -0.39 is 5.97 Å². The number of carbonyl (C=O) groups excluding carboxylic acids is 1. The number of amides is 1. The van der Waals surface area contributed by atoms with E-state index in [1.807, 2.05) is 31.2 Å². The fourth-order valence-corrected chi connectivity index (χ4v) is 1.28. The molecule has 1 aromatic carbocycles. The van der Waals surface area contributed by atoms with E-state index in [9.17, 15) is 9.59 Å². The summed E-state index contributed by atoms with van der Waals surface area (Å²) in [6.07, 6.45) is 0.947. The summed E-state index contributed by atoms with van der Waals surface area (Å²) in [4.78, 5) is 21.4. The summed E-state index contributed by atoms with van der Waals surface area (Å²) in [5.41, 5.74) is 2.26. The summed E-state index contributed by atoms with van der Waals surface area (Å²) in [5.74, 6) is -1.26. The van der Waals surface area contributed by atoms with E-state index in [-0.39, 0.29) is 12.5 Å². The van der Waals surface area contributed by atoms with Crippen molar-refractivity contribution in [2.75, 3.05) is 6.54 Å². The van der Waals surface area contributed by atoms with E-state index in [0.717, 1.165) is 5.56 Å². The van der Waals surface area contributed by atoms with Gasteiger partial charge in [0.1, 0.15) is 6.54 Å². The molecule has 0 aliphatic rings. The van der Waals surface area contributed by atoms with Gasteiger partial charge in [-0.15, -0.1) is 0 Å². The molecule has 1 amide bonds. The van der Waals surface area contributed by atoms with Crippen LogP contribution in [0.4, 0.5) is 0 Å². The average Bonchev–Trinajstić information content (AvgIpc) is 2.25. The van der Waals surface area contributed by atoms with Gasteiger partial charge in [-0.25, -0.2) is 0 Å². The molecule has 1 aromatic rings. The topological polar surface area (TPSA) is 66.4 Å². The van der Waals surface area contributed by atoms with Crippen molar-refractivity contribution in [3.63, 3.8) is 0 Å². The Morgan fingerprint density at radius 2 is 1.88 bits per heavy atom. The maximum atomic E-state index is 11.2. The smallest absolute Gasteiger partial charge is 0.322 e. The molecule has 0 aromatic heterocycles. The Hall–Kier alpha value is -1.84. The summed E-state index contributed by atoms with van der Waals surface area (Å²) in [6.45, 7) is 1.69.